The largest absolute Gasteiger partial charge is 0.339 e. The minimum atomic E-state index is -0.151. The van der Waals surface area contributed by atoms with Gasteiger partial charge in [-0.15, -0.1) is 10.2 Å². The Morgan fingerprint density at radius 1 is 1.09 bits per heavy atom. The molecule has 0 atom stereocenters. The number of rotatable bonds is 7. The van der Waals surface area contributed by atoms with E-state index in [1.807, 2.05) is 52.8 Å². The second-order valence-electron chi connectivity index (χ2n) is 7.78. The highest BCUT2D eigenvalue weighted by atomic mass is 32.2. The van der Waals surface area contributed by atoms with Crippen LogP contribution in [0.15, 0.2) is 53.9 Å². The van der Waals surface area contributed by atoms with E-state index in [9.17, 15) is 9.59 Å². The zero-order chi connectivity index (χ0) is 22.5. The van der Waals surface area contributed by atoms with Crippen LogP contribution in [0, 0.1) is 6.92 Å². The summed E-state index contributed by atoms with van der Waals surface area (Å²) in [5.74, 6) is 0.0758. The molecule has 0 radical (unpaired) electrons. The predicted octanol–water partition coefficient (Wildman–Crippen LogP) is 4.10. The van der Waals surface area contributed by atoms with Crippen LogP contribution in [0.3, 0.4) is 0 Å². The molecule has 1 N–H and O–H groups in total. The second-order valence-corrected chi connectivity index (χ2v) is 8.72. The van der Waals surface area contributed by atoms with Gasteiger partial charge in [-0.2, -0.15) is 0 Å². The summed E-state index contributed by atoms with van der Waals surface area (Å²) in [6, 6.07) is 13.6. The van der Waals surface area contributed by atoms with E-state index in [1.165, 1.54) is 17.3 Å². The van der Waals surface area contributed by atoms with E-state index in [1.54, 1.807) is 6.33 Å². The Hall–Kier alpha value is -3.13. The summed E-state index contributed by atoms with van der Waals surface area (Å²) in [7, 11) is 0. The van der Waals surface area contributed by atoms with Gasteiger partial charge in [0.05, 0.1) is 11.4 Å². The Kier molecular flexibility index (Phi) is 6.90. The van der Waals surface area contributed by atoms with E-state index in [2.05, 4.69) is 28.5 Å². The van der Waals surface area contributed by atoms with E-state index in [0.717, 1.165) is 43.6 Å². The molecule has 0 spiro atoms. The number of hydrogen-bond acceptors (Lipinski definition) is 5. The fourth-order valence-electron chi connectivity index (χ4n) is 3.94. The van der Waals surface area contributed by atoms with Gasteiger partial charge in [0.15, 0.2) is 5.16 Å². The van der Waals surface area contributed by atoms with Crippen molar-refractivity contribution in [3.05, 3.63) is 65.5 Å². The van der Waals surface area contributed by atoms with Crippen LogP contribution in [0.1, 0.15) is 41.3 Å². The van der Waals surface area contributed by atoms with Crippen molar-refractivity contribution in [2.45, 2.75) is 38.3 Å². The second kappa shape index (κ2) is 9.99. The molecule has 8 heteroatoms. The number of hydrogen-bond donors (Lipinski definition) is 1. The number of likely N-dealkylation sites (tertiary alicyclic amines) is 1. The number of aryl methyl sites for hydroxylation is 1. The van der Waals surface area contributed by atoms with Crippen molar-refractivity contribution < 1.29 is 9.59 Å². The maximum Gasteiger partial charge on any atom is 0.254 e. The van der Waals surface area contributed by atoms with Gasteiger partial charge in [-0.05, 0) is 55.5 Å². The SMILES string of the molecule is CCc1ccccc1-n1cnnc1SCC(=O)Nc1cccc(C(=O)N2CCCC2)c1C. The number of nitrogens with zero attached hydrogens (tertiary/aromatic N) is 4. The number of anilines is 1. The monoisotopic (exact) mass is 449 g/mol. The molecule has 1 aliphatic heterocycles. The molecule has 0 aliphatic carbocycles. The van der Waals surface area contributed by atoms with E-state index in [0.29, 0.717) is 16.4 Å². The van der Waals surface area contributed by atoms with Gasteiger partial charge in [0.1, 0.15) is 6.33 Å². The lowest BCUT2D eigenvalue weighted by molar-refractivity contribution is -0.113. The van der Waals surface area contributed by atoms with Gasteiger partial charge >= 0.3 is 0 Å². The lowest BCUT2D eigenvalue weighted by Gasteiger charge is -2.18. The van der Waals surface area contributed by atoms with Crippen LogP contribution in [-0.4, -0.2) is 50.3 Å². The summed E-state index contributed by atoms with van der Waals surface area (Å²) in [4.78, 5) is 27.4. The number of nitrogens with one attached hydrogen (secondary N) is 1. The number of para-hydroxylation sites is 1. The van der Waals surface area contributed by atoms with Crippen LogP contribution in [-0.2, 0) is 11.2 Å². The van der Waals surface area contributed by atoms with E-state index >= 15 is 0 Å². The van der Waals surface area contributed by atoms with Crippen molar-refractivity contribution in [3.8, 4) is 5.69 Å². The Morgan fingerprint density at radius 3 is 2.66 bits per heavy atom. The first-order valence-electron chi connectivity index (χ1n) is 10.9. The standard InChI is InChI=1S/C24H27N5O2S/c1-3-18-9-4-5-12-21(18)29-16-25-27-24(29)32-15-22(30)26-20-11-8-10-19(17(20)2)23(31)28-13-6-7-14-28/h4-5,8-12,16H,3,6-7,13-15H2,1-2H3,(H,26,30). The maximum absolute atomic E-state index is 12.8. The van der Waals surface area contributed by atoms with Crippen molar-refractivity contribution in [1.29, 1.82) is 0 Å². The van der Waals surface area contributed by atoms with Crippen LogP contribution in [0.2, 0.25) is 0 Å². The molecule has 1 saturated heterocycles. The molecular weight excluding hydrogens is 422 g/mol. The summed E-state index contributed by atoms with van der Waals surface area (Å²) in [5, 5.41) is 11.8. The molecule has 0 unspecified atom stereocenters. The van der Waals surface area contributed by atoms with Crippen LogP contribution in [0.25, 0.3) is 5.69 Å². The van der Waals surface area contributed by atoms with Gasteiger partial charge in [0.2, 0.25) is 5.91 Å². The van der Waals surface area contributed by atoms with Crippen molar-refractivity contribution >= 4 is 29.3 Å². The number of thioether (sulfide) groups is 1. The van der Waals surface area contributed by atoms with Gasteiger partial charge in [-0.1, -0.05) is 43.0 Å². The maximum atomic E-state index is 12.8. The molecule has 166 valence electrons. The first-order valence-corrected chi connectivity index (χ1v) is 11.9. The zero-order valence-corrected chi connectivity index (χ0v) is 19.2. The zero-order valence-electron chi connectivity index (χ0n) is 18.4. The lowest BCUT2D eigenvalue weighted by atomic mass is 10.1. The van der Waals surface area contributed by atoms with Gasteiger partial charge in [-0.3, -0.25) is 14.2 Å². The first kappa shape index (κ1) is 22.1. The minimum Gasteiger partial charge on any atom is -0.339 e. The molecule has 3 aromatic rings. The number of amides is 2. The highest BCUT2D eigenvalue weighted by molar-refractivity contribution is 7.99. The van der Waals surface area contributed by atoms with Crippen molar-refractivity contribution in [1.82, 2.24) is 19.7 Å². The van der Waals surface area contributed by atoms with Crippen molar-refractivity contribution in [2.24, 2.45) is 0 Å². The fourth-order valence-corrected chi connectivity index (χ4v) is 4.66. The highest BCUT2D eigenvalue weighted by Gasteiger charge is 2.22. The molecule has 4 rings (SSSR count). The number of carbonyl (C=O) groups is 2. The van der Waals surface area contributed by atoms with Crippen LogP contribution < -0.4 is 5.32 Å². The molecule has 32 heavy (non-hydrogen) atoms. The number of benzene rings is 2. The third-order valence-electron chi connectivity index (χ3n) is 5.71. The van der Waals surface area contributed by atoms with E-state index < -0.39 is 0 Å². The van der Waals surface area contributed by atoms with Crippen LogP contribution >= 0.6 is 11.8 Å². The van der Waals surface area contributed by atoms with E-state index in [-0.39, 0.29) is 17.6 Å². The third-order valence-corrected chi connectivity index (χ3v) is 6.66. The summed E-state index contributed by atoms with van der Waals surface area (Å²) in [6.07, 6.45) is 4.66. The van der Waals surface area contributed by atoms with Crippen LogP contribution in [0.5, 0.6) is 0 Å². The van der Waals surface area contributed by atoms with E-state index in [4.69, 9.17) is 0 Å². The average molecular weight is 450 g/mol. The van der Waals surface area contributed by atoms with Gasteiger partial charge < -0.3 is 10.2 Å². The summed E-state index contributed by atoms with van der Waals surface area (Å²) < 4.78 is 1.91. The highest BCUT2D eigenvalue weighted by Crippen LogP contribution is 2.25. The lowest BCUT2D eigenvalue weighted by Crippen LogP contribution is -2.28. The Bertz CT molecular complexity index is 1120. The summed E-state index contributed by atoms with van der Waals surface area (Å²) in [5.41, 5.74) is 4.31. The molecule has 1 fully saturated rings. The van der Waals surface area contributed by atoms with Gasteiger partial charge in [0, 0.05) is 24.3 Å². The van der Waals surface area contributed by atoms with Crippen LogP contribution in [0.4, 0.5) is 5.69 Å². The molecule has 2 heterocycles. The number of carbonyl (C=O) groups excluding carboxylic acids is 2. The van der Waals surface area contributed by atoms with Gasteiger partial charge in [-0.25, -0.2) is 0 Å². The normalized spacial score (nSPS) is 13.4. The topological polar surface area (TPSA) is 80.1 Å². The minimum absolute atomic E-state index is 0.0353. The number of aromatic nitrogens is 3. The smallest absolute Gasteiger partial charge is 0.254 e. The van der Waals surface area contributed by atoms with Crippen molar-refractivity contribution in [2.75, 3.05) is 24.2 Å². The predicted molar refractivity (Wildman–Crippen MR) is 126 cm³/mol. The molecule has 7 nitrogen and oxygen atoms in total. The Labute approximate surface area is 192 Å². The quantitative estimate of drug-likeness (QED) is 0.549. The average Bonchev–Trinajstić information content (AvgIpc) is 3.51. The summed E-state index contributed by atoms with van der Waals surface area (Å²) >= 11 is 1.33. The molecular formula is C24H27N5O2S. The van der Waals surface area contributed by atoms with Crippen molar-refractivity contribution in [3.63, 3.8) is 0 Å². The molecule has 1 aliphatic rings. The molecule has 2 aromatic carbocycles. The molecule has 1 aromatic heterocycles. The Balaban J connectivity index is 1.43. The Morgan fingerprint density at radius 2 is 1.88 bits per heavy atom. The molecule has 2 amide bonds. The molecule has 0 saturated carbocycles. The first-order chi connectivity index (χ1) is 15.6. The summed E-state index contributed by atoms with van der Waals surface area (Å²) in [6.45, 7) is 5.58. The third kappa shape index (κ3) is 4.70. The molecule has 0 bridgehead atoms. The van der Waals surface area contributed by atoms with Gasteiger partial charge in [0.25, 0.3) is 5.91 Å². The fraction of sp³-hybridized carbons (Fsp3) is 0.333.